The van der Waals surface area contributed by atoms with Crippen molar-refractivity contribution in [3.63, 3.8) is 0 Å². The second-order valence-electron chi connectivity index (χ2n) is 6.25. The summed E-state index contributed by atoms with van der Waals surface area (Å²) in [5.41, 5.74) is 1.52. The molecular weight excluding hydrogens is 395 g/mol. The van der Waals surface area contributed by atoms with Crippen molar-refractivity contribution >= 4 is 41.3 Å². The van der Waals surface area contributed by atoms with E-state index in [-0.39, 0.29) is 24.0 Å². The van der Waals surface area contributed by atoms with E-state index in [2.05, 4.69) is 49.8 Å². The predicted octanol–water partition coefficient (Wildman–Crippen LogP) is 3.58. The first kappa shape index (κ1) is 18.7. The van der Waals surface area contributed by atoms with Gasteiger partial charge in [0, 0.05) is 24.5 Å². The van der Waals surface area contributed by atoms with Crippen molar-refractivity contribution in [2.45, 2.75) is 47.6 Å². The summed E-state index contributed by atoms with van der Waals surface area (Å²) in [5, 5.41) is 4.54. The van der Waals surface area contributed by atoms with Crippen LogP contribution >= 0.6 is 35.3 Å². The van der Waals surface area contributed by atoms with Gasteiger partial charge in [-0.25, -0.2) is 9.98 Å². The minimum Gasteiger partial charge on any atom is -0.357 e. The lowest BCUT2D eigenvalue weighted by atomic mass is 9.93. The smallest absolute Gasteiger partial charge is 0.194 e. The molecule has 0 radical (unpaired) electrons. The van der Waals surface area contributed by atoms with Crippen LogP contribution in [0.25, 0.3) is 0 Å². The molecule has 2 rings (SSSR count). The lowest BCUT2D eigenvalue weighted by Gasteiger charge is -2.23. The van der Waals surface area contributed by atoms with E-state index < -0.39 is 0 Å². The van der Waals surface area contributed by atoms with Gasteiger partial charge in [0.1, 0.15) is 0 Å². The number of nitrogens with zero attached hydrogens (tertiary/aromatic N) is 3. The molecule has 0 amide bonds. The van der Waals surface area contributed by atoms with Crippen LogP contribution < -0.4 is 5.32 Å². The average molecular weight is 422 g/mol. The molecule has 0 unspecified atom stereocenters. The highest BCUT2D eigenvalue weighted by Crippen LogP contribution is 2.28. The Morgan fingerprint density at radius 2 is 2.14 bits per heavy atom. The highest BCUT2D eigenvalue weighted by atomic mass is 127. The molecule has 0 aromatic carbocycles. The summed E-state index contributed by atoms with van der Waals surface area (Å²) >= 11 is 1.75. The molecule has 1 aliphatic heterocycles. The standard InChI is InChI=1S/C15H26N4S.HI/c1-6-16-14(19-8-7-15(4,5)10-19)17-9-13-11(2)18-12(3)20-13;/h6-10H2,1-5H3,(H,16,17);1H. The Morgan fingerprint density at radius 3 is 2.62 bits per heavy atom. The van der Waals surface area contributed by atoms with Crippen LogP contribution in [0.15, 0.2) is 4.99 Å². The van der Waals surface area contributed by atoms with Crippen molar-refractivity contribution in [1.82, 2.24) is 15.2 Å². The first-order valence-electron chi connectivity index (χ1n) is 7.37. The maximum atomic E-state index is 4.81. The van der Waals surface area contributed by atoms with E-state index in [9.17, 15) is 0 Å². The van der Waals surface area contributed by atoms with Crippen LogP contribution in [0.1, 0.15) is 42.8 Å². The summed E-state index contributed by atoms with van der Waals surface area (Å²) in [4.78, 5) is 12.9. The van der Waals surface area contributed by atoms with Crippen molar-refractivity contribution in [3.8, 4) is 0 Å². The summed E-state index contributed by atoms with van der Waals surface area (Å²) < 4.78 is 0. The first-order chi connectivity index (χ1) is 9.41. The second-order valence-corrected chi connectivity index (χ2v) is 7.54. The van der Waals surface area contributed by atoms with Gasteiger partial charge in [0.05, 0.1) is 17.2 Å². The number of hydrogen-bond acceptors (Lipinski definition) is 3. The Kier molecular flexibility index (Phi) is 6.90. The zero-order valence-electron chi connectivity index (χ0n) is 13.7. The van der Waals surface area contributed by atoms with Gasteiger partial charge in [0.25, 0.3) is 0 Å². The third-order valence-corrected chi connectivity index (χ3v) is 4.74. The fourth-order valence-corrected chi connectivity index (χ4v) is 3.45. The number of aryl methyl sites for hydroxylation is 2. The summed E-state index contributed by atoms with van der Waals surface area (Å²) in [6, 6.07) is 0. The summed E-state index contributed by atoms with van der Waals surface area (Å²) in [6.07, 6.45) is 1.23. The van der Waals surface area contributed by atoms with Crippen LogP contribution in [0, 0.1) is 19.3 Å². The number of aliphatic imine (C=N–C) groups is 1. The minimum absolute atomic E-state index is 0. The molecular formula is C15H27IN4S. The normalized spacial score (nSPS) is 17.8. The van der Waals surface area contributed by atoms with Crippen LogP contribution in [-0.4, -0.2) is 35.5 Å². The highest BCUT2D eigenvalue weighted by molar-refractivity contribution is 14.0. The molecule has 0 aliphatic carbocycles. The SMILES string of the molecule is CCNC(=NCc1sc(C)nc1C)N1CCC(C)(C)C1.I. The molecule has 0 spiro atoms. The monoisotopic (exact) mass is 422 g/mol. The first-order valence-corrected chi connectivity index (χ1v) is 8.19. The lowest BCUT2D eigenvalue weighted by Crippen LogP contribution is -2.40. The zero-order chi connectivity index (χ0) is 14.8. The third kappa shape index (κ3) is 5.09. The number of halogens is 1. The van der Waals surface area contributed by atoms with E-state index in [1.165, 1.54) is 11.3 Å². The van der Waals surface area contributed by atoms with Gasteiger partial charge >= 0.3 is 0 Å². The summed E-state index contributed by atoms with van der Waals surface area (Å²) in [6.45, 7) is 14.7. The molecule has 1 N–H and O–H groups in total. The Labute approximate surface area is 149 Å². The van der Waals surface area contributed by atoms with Crippen molar-refractivity contribution in [2.24, 2.45) is 10.4 Å². The molecule has 1 aliphatic rings. The summed E-state index contributed by atoms with van der Waals surface area (Å²) in [5.74, 6) is 1.04. The molecule has 1 aromatic heterocycles. The van der Waals surface area contributed by atoms with E-state index in [4.69, 9.17) is 4.99 Å². The fourth-order valence-electron chi connectivity index (χ4n) is 2.59. The highest BCUT2D eigenvalue weighted by Gasteiger charge is 2.30. The molecule has 21 heavy (non-hydrogen) atoms. The number of guanidine groups is 1. The van der Waals surface area contributed by atoms with Gasteiger partial charge in [-0.1, -0.05) is 13.8 Å². The van der Waals surface area contributed by atoms with Gasteiger partial charge in [-0.15, -0.1) is 35.3 Å². The van der Waals surface area contributed by atoms with Crippen molar-refractivity contribution in [3.05, 3.63) is 15.6 Å². The van der Waals surface area contributed by atoms with Crippen LogP contribution in [0.4, 0.5) is 0 Å². The van der Waals surface area contributed by atoms with Crippen LogP contribution in [-0.2, 0) is 6.54 Å². The molecule has 4 nitrogen and oxygen atoms in total. The van der Waals surface area contributed by atoms with Gasteiger partial charge in [-0.05, 0) is 32.6 Å². The molecule has 1 aromatic rings. The van der Waals surface area contributed by atoms with Crippen LogP contribution in [0.5, 0.6) is 0 Å². The number of hydrogen-bond donors (Lipinski definition) is 1. The van der Waals surface area contributed by atoms with Gasteiger partial charge < -0.3 is 10.2 Å². The molecule has 0 bridgehead atoms. The second kappa shape index (κ2) is 7.76. The van der Waals surface area contributed by atoms with Crippen molar-refractivity contribution < 1.29 is 0 Å². The Bertz CT molecular complexity index is 496. The van der Waals surface area contributed by atoms with E-state index in [0.29, 0.717) is 5.41 Å². The Hall–Kier alpha value is -0.370. The van der Waals surface area contributed by atoms with E-state index >= 15 is 0 Å². The average Bonchev–Trinajstić information content (AvgIpc) is 2.87. The zero-order valence-corrected chi connectivity index (χ0v) is 16.8. The Balaban J connectivity index is 0.00000220. The topological polar surface area (TPSA) is 40.5 Å². The van der Waals surface area contributed by atoms with Gasteiger partial charge in [-0.2, -0.15) is 0 Å². The van der Waals surface area contributed by atoms with Crippen LogP contribution in [0.2, 0.25) is 0 Å². The number of aromatic nitrogens is 1. The van der Waals surface area contributed by atoms with Gasteiger partial charge in [-0.3, -0.25) is 0 Å². The van der Waals surface area contributed by atoms with Crippen LogP contribution in [0.3, 0.4) is 0 Å². The number of nitrogens with one attached hydrogen (secondary N) is 1. The molecule has 0 saturated carbocycles. The maximum Gasteiger partial charge on any atom is 0.194 e. The molecule has 0 atom stereocenters. The quantitative estimate of drug-likeness (QED) is 0.460. The summed E-state index contributed by atoms with van der Waals surface area (Å²) in [7, 11) is 0. The van der Waals surface area contributed by atoms with Gasteiger partial charge in [0.2, 0.25) is 0 Å². The van der Waals surface area contributed by atoms with Crippen molar-refractivity contribution in [1.29, 1.82) is 0 Å². The van der Waals surface area contributed by atoms with Crippen molar-refractivity contribution in [2.75, 3.05) is 19.6 Å². The fraction of sp³-hybridized carbons (Fsp3) is 0.733. The number of rotatable bonds is 3. The number of likely N-dealkylation sites (tertiary alicyclic amines) is 1. The molecule has 120 valence electrons. The van der Waals surface area contributed by atoms with E-state index in [1.54, 1.807) is 11.3 Å². The molecule has 6 heteroatoms. The molecule has 2 heterocycles. The number of thiazole rings is 1. The Morgan fingerprint density at radius 1 is 1.43 bits per heavy atom. The minimum atomic E-state index is 0. The lowest BCUT2D eigenvalue weighted by molar-refractivity contribution is 0.370. The van der Waals surface area contributed by atoms with E-state index in [1.807, 2.05) is 0 Å². The maximum absolute atomic E-state index is 4.81. The third-order valence-electron chi connectivity index (χ3n) is 3.68. The largest absolute Gasteiger partial charge is 0.357 e. The predicted molar refractivity (Wildman–Crippen MR) is 102 cm³/mol. The van der Waals surface area contributed by atoms with E-state index in [0.717, 1.165) is 42.8 Å². The van der Waals surface area contributed by atoms with Gasteiger partial charge in [0.15, 0.2) is 5.96 Å². The molecule has 1 saturated heterocycles. The molecule has 1 fully saturated rings.